The van der Waals surface area contributed by atoms with Crippen molar-refractivity contribution >= 4 is 42.6 Å². The summed E-state index contributed by atoms with van der Waals surface area (Å²) in [7, 11) is 0. The van der Waals surface area contributed by atoms with Gasteiger partial charge in [-0.25, -0.2) is 4.98 Å². The molecule has 4 rings (SSSR count). The first-order chi connectivity index (χ1) is 9.79. The Balaban J connectivity index is 1.54. The summed E-state index contributed by atoms with van der Waals surface area (Å²) in [5.74, 6) is 0. The van der Waals surface area contributed by atoms with Gasteiger partial charge in [-0.1, -0.05) is 27.3 Å². The average Bonchev–Trinajstić information content (AvgIpc) is 3.17. The van der Waals surface area contributed by atoms with Crippen molar-refractivity contribution in [1.82, 2.24) is 9.88 Å². The lowest BCUT2D eigenvalue weighted by Gasteiger charge is -2.23. The molecule has 3 heterocycles. The molecule has 0 N–H and O–H groups in total. The van der Waals surface area contributed by atoms with Crippen LogP contribution in [0, 0.1) is 0 Å². The molecular weight excluding hydrogens is 334 g/mol. The fourth-order valence-corrected chi connectivity index (χ4v) is 4.89. The molecule has 0 aliphatic carbocycles. The van der Waals surface area contributed by atoms with Gasteiger partial charge in [0.05, 0.1) is 10.2 Å². The topological polar surface area (TPSA) is 19.4 Å². The molecule has 20 heavy (non-hydrogen) atoms. The summed E-state index contributed by atoms with van der Waals surface area (Å²) in [6.07, 6.45) is 4.05. The summed E-state index contributed by atoms with van der Waals surface area (Å²) in [6.45, 7) is 4.90. The number of benzene rings is 1. The zero-order chi connectivity index (χ0) is 13.5. The lowest BCUT2D eigenvalue weighted by atomic mass is 10.2. The highest BCUT2D eigenvalue weighted by atomic mass is 79.9. The van der Waals surface area contributed by atoms with E-state index in [-0.39, 0.29) is 0 Å². The van der Waals surface area contributed by atoms with Crippen molar-refractivity contribution < 1.29 is 0 Å². The number of anilines is 1. The van der Waals surface area contributed by atoms with Crippen molar-refractivity contribution in [3.05, 3.63) is 22.7 Å². The quantitative estimate of drug-likeness (QED) is 0.821. The Hall–Kier alpha value is -0.650. The van der Waals surface area contributed by atoms with Crippen LogP contribution in [0.1, 0.15) is 19.3 Å². The van der Waals surface area contributed by atoms with Gasteiger partial charge in [-0.2, -0.15) is 0 Å². The van der Waals surface area contributed by atoms with E-state index in [2.05, 4.69) is 43.9 Å². The van der Waals surface area contributed by atoms with E-state index in [0.717, 1.165) is 29.1 Å². The van der Waals surface area contributed by atoms with Crippen LogP contribution in [-0.4, -0.2) is 42.1 Å². The molecule has 2 saturated heterocycles. The fraction of sp³-hybridized carbons (Fsp3) is 0.533. The van der Waals surface area contributed by atoms with E-state index in [9.17, 15) is 0 Å². The molecule has 0 radical (unpaired) electrons. The zero-order valence-corrected chi connectivity index (χ0v) is 13.8. The van der Waals surface area contributed by atoms with Gasteiger partial charge in [-0.15, -0.1) is 0 Å². The number of halogens is 1. The van der Waals surface area contributed by atoms with Crippen LogP contribution < -0.4 is 4.90 Å². The molecule has 0 amide bonds. The second-order valence-corrected chi connectivity index (χ2v) is 7.66. The lowest BCUT2D eigenvalue weighted by molar-refractivity contribution is 0.260. The standard InChI is InChI=1S/C15H18BrN3S/c16-11-3-4-13-14(9-11)20-15(17-13)19-8-5-12(10-19)18-6-1-2-7-18/h3-4,9,12H,1-2,5-8,10H2. The number of thiazole rings is 1. The maximum absolute atomic E-state index is 4.80. The van der Waals surface area contributed by atoms with Crippen molar-refractivity contribution in [2.75, 3.05) is 31.1 Å². The van der Waals surface area contributed by atoms with Crippen LogP contribution in [-0.2, 0) is 0 Å². The lowest BCUT2D eigenvalue weighted by Crippen LogP contribution is -2.35. The summed E-state index contributed by atoms with van der Waals surface area (Å²) in [5, 5.41) is 1.19. The van der Waals surface area contributed by atoms with Crippen LogP contribution in [0.4, 0.5) is 5.13 Å². The average molecular weight is 352 g/mol. The van der Waals surface area contributed by atoms with E-state index >= 15 is 0 Å². The van der Waals surface area contributed by atoms with E-state index in [0.29, 0.717) is 0 Å². The summed E-state index contributed by atoms with van der Waals surface area (Å²) in [6, 6.07) is 7.09. The molecule has 2 fully saturated rings. The summed E-state index contributed by atoms with van der Waals surface area (Å²) in [4.78, 5) is 9.95. The molecule has 0 bridgehead atoms. The first-order valence-electron chi connectivity index (χ1n) is 7.35. The SMILES string of the molecule is Brc1ccc2nc(N3CCC(N4CCCC4)C3)sc2c1. The summed E-state index contributed by atoms with van der Waals surface area (Å²) < 4.78 is 2.41. The van der Waals surface area contributed by atoms with Crippen LogP contribution in [0.3, 0.4) is 0 Å². The van der Waals surface area contributed by atoms with Gasteiger partial charge < -0.3 is 4.90 Å². The minimum Gasteiger partial charge on any atom is -0.346 e. The monoisotopic (exact) mass is 351 g/mol. The molecule has 1 unspecified atom stereocenters. The van der Waals surface area contributed by atoms with Gasteiger partial charge in [0.1, 0.15) is 0 Å². The Bertz CT molecular complexity index is 621. The Morgan fingerprint density at radius 1 is 1.20 bits per heavy atom. The third kappa shape index (κ3) is 2.36. The second-order valence-electron chi connectivity index (χ2n) is 5.74. The molecule has 106 valence electrons. The number of nitrogens with zero attached hydrogens (tertiary/aromatic N) is 3. The highest BCUT2D eigenvalue weighted by Crippen LogP contribution is 2.33. The number of likely N-dealkylation sites (tertiary alicyclic amines) is 1. The number of fused-ring (bicyclic) bond motifs is 1. The molecule has 1 aromatic heterocycles. The van der Waals surface area contributed by atoms with Crippen LogP contribution in [0.15, 0.2) is 22.7 Å². The largest absolute Gasteiger partial charge is 0.346 e. The van der Waals surface area contributed by atoms with E-state index < -0.39 is 0 Å². The maximum atomic E-state index is 4.80. The Morgan fingerprint density at radius 3 is 2.90 bits per heavy atom. The molecule has 2 aliphatic rings. The van der Waals surface area contributed by atoms with Crippen LogP contribution >= 0.6 is 27.3 Å². The van der Waals surface area contributed by atoms with Gasteiger partial charge in [0.25, 0.3) is 0 Å². The summed E-state index contributed by atoms with van der Waals surface area (Å²) in [5.41, 5.74) is 1.12. The molecule has 5 heteroatoms. The van der Waals surface area contributed by atoms with E-state index in [1.165, 1.54) is 42.2 Å². The van der Waals surface area contributed by atoms with Crippen molar-refractivity contribution in [3.63, 3.8) is 0 Å². The third-order valence-electron chi connectivity index (χ3n) is 4.43. The predicted octanol–water partition coefficient (Wildman–Crippen LogP) is 3.73. The van der Waals surface area contributed by atoms with Gasteiger partial charge in [0.15, 0.2) is 5.13 Å². The summed E-state index contributed by atoms with van der Waals surface area (Å²) >= 11 is 5.36. The number of rotatable bonds is 2. The van der Waals surface area contributed by atoms with Gasteiger partial charge >= 0.3 is 0 Å². The molecular formula is C15H18BrN3S. The van der Waals surface area contributed by atoms with Crippen LogP contribution in [0.2, 0.25) is 0 Å². The zero-order valence-electron chi connectivity index (χ0n) is 11.4. The molecule has 1 atom stereocenters. The first-order valence-corrected chi connectivity index (χ1v) is 8.96. The highest BCUT2D eigenvalue weighted by Gasteiger charge is 2.30. The fourth-order valence-electron chi connectivity index (χ4n) is 3.34. The van der Waals surface area contributed by atoms with Crippen LogP contribution in [0.25, 0.3) is 10.2 Å². The highest BCUT2D eigenvalue weighted by molar-refractivity contribution is 9.10. The number of aromatic nitrogens is 1. The van der Waals surface area contributed by atoms with Crippen molar-refractivity contribution in [2.45, 2.75) is 25.3 Å². The van der Waals surface area contributed by atoms with Gasteiger partial charge in [-0.3, -0.25) is 4.90 Å². The minimum atomic E-state index is 0.747. The number of hydrogen-bond acceptors (Lipinski definition) is 4. The molecule has 2 aromatic rings. The van der Waals surface area contributed by atoms with Gasteiger partial charge in [0, 0.05) is 23.6 Å². The van der Waals surface area contributed by atoms with E-state index in [1.54, 1.807) is 0 Å². The minimum absolute atomic E-state index is 0.747. The Morgan fingerprint density at radius 2 is 2.05 bits per heavy atom. The van der Waals surface area contributed by atoms with Crippen molar-refractivity contribution in [1.29, 1.82) is 0 Å². The van der Waals surface area contributed by atoms with Gasteiger partial charge in [-0.05, 0) is 50.6 Å². The normalized spacial score (nSPS) is 24.1. The molecule has 3 nitrogen and oxygen atoms in total. The Labute approximate surface area is 131 Å². The molecule has 0 spiro atoms. The van der Waals surface area contributed by atoms with Crippen LogP contribution in [0.5, 0.6) is 0 Å². The van der Waals surface area contributed by atoms with E-state index in [1.807, 2.05) is 11.3 Å². The van der Waals surface area contributed by atoms with E-state index in [4.69, 9.17) is 4.98 Å². The molecule has 1 aromatic carbocycles. The smallest absolute Gasteiger partial charge is 0.186 e. The third-order valence-corrected chi connectivity index (χ3v) is 6.00. The van der Waals surface area contributed by atoms with Crippen molar-refractivity contribution in [3.8, 4) is 0 Å². The Kier molecular flexibility index (Phi) is 3.44. The predicted molar refractivity (Wildman–Crippen MR) is 88.7 cm³/mol. The molecule has 2 aliphatic heterocycles. The second kappa shape index (κ2) is 5.28. The first kappa shape index (κ1) is 13.0. The molecule has 0 saturated carbocycles. The maximum Gasteiger partial charge on any atom is 0.186 e. The number of hydrogen-bond donors (Lipinski definition) is 0. The van der Waals surface area contributed by atoms with Gasteiger partial charge in [0.2, 0.25) is 0 Å². The van der Waals surface area contributed by atoms with Crippen molar-refractivity contribution in [2.24, 2.45) is 0 Å².